The smallest absolute Gasteiger partial charge is 0.393 e. The van der Waals surface area contributed by atoms with Crippen molar-refractivity contribution in [3.63, 3.8) is 0 Å². The average Bonchev–Trinajstić information content (AvgIpc) is 3.28. The highest BCUT2D eigenvalue weighted by molar-refractivity contribution is 7.47. The van der Waals surface area contributed by atoms with E-state index in [0.717, 1.165) is 44.9 Å². The minimum absolute atomic E-state index is 0.248. The van der Waals surface area contributed by atoms with Crippen LogP contribution in [0.1, 0.15) is 232 Å². The molecule has 8 atom stereocenters. The van der Waals surface area contributed by atoms with E-state index in [1.54, 1.807) is 6.08 Å². The number of hydrogen-bond acceptors (Lipinski definition) is 11. The highest BCUT2D eigenvalue weighted by Gasteiger charge is 2.51. The number of aliphatic hydroxyl groups is 7. The van der Waals surface area contributed by atoms with E-state index in [0.29, 0.717) is 12.8 Å². The van der Waals surface area contributed by atoms with Gasteiger partial charge in [0.25, 0.3) is 0 Å². The van der Waals surface area contributed by atoms with Crippen LogP contribution in [0.25, 0.3) is 0 Å². The van der Waals surface area contributed by atoms with Crippen LogP contribution in [0.15, 0.2) is 24.3 Å². The van der Waals surface area contributed by atoms with Gasteiger partial charge in [-0.15, -0.1) is 0 Å². The Morgan fingerprint density at radius 3 is 1.35 bits per heavy atom. The highest BCUT2D eigenvalue weighted by Crippen LogP contribution is 2.47. The van der Waals surface area contributed by atoms with Crippen LogP contribution in [0.4, 0.5) is 0 Å². The van der Waals surface area contributed by atoms with Crippen LogP contribution >= 0.6 is 7.82 Å². The molecule has 384 valence electrons. The normalized spacial score (nSPS) is 22.7. The second-order valence-corrected chi connectivity index (χ2v) is 20.3. The molecule has 0 aromatic heterocycles. The quantitative estimate of drug-likeness (QED) is 0.0158. The molecule has 0 spiro atoms. The van der Waals surface area contributed by atoms with Gasteiger partial charge in [-0.05, 0) is 32.1 Å². The summed E-state index contributed by atoms with van der Waals surface area (Å²) in [6.45, 7) is 3.76. The number of amides is 1. The number of carbonyl (C=O) groups is 1. The molecular weight excluding hydrogens is 850 g/mol. The van der Waals surface area contributed by atoms with Gasteiger partial charge in [0.05, 0.1) is 31.3 Å². The van der Waals surface area contributed by atoms with E-state index in [9.17, 15) is 50.0 Å². The molecule has 1 rings (SSSR count). The summed E-state index contributed by atoms with van der Waals surface area (Å²) in [5.41, 5.74) is 0. The molecule has 1 saturated carbocycles. The summed E-state index contributed by atoms with van der Waals surface area (Å²) in [6.07, 6.45) is 32.6. The number of aliphatic hydroxyl groups excluding tert-OH is 7. The molecule has 8 unspecified atom stereocenters. The van der Waals surface area contributed by atoms with E-state index in [1.165, 1.54) is 160 Å². The lowest BCUT2D eigenvalue weighted by Crippen LogP contribution is -2.64. The van der Waals surface area contributed by atoms with Gasteiger partial charge in [0.1, 0.15) is 36.6 Å². The van der Waals surface area contributed by atoms with Crippen LogP contribution in [-0.4, -0.2) is 108 Å². The van der Waals surface area contributed by atoms with Crippen LogP contribution in [-0.2, 0) is 18.4 Å². The molecule has 14 heteroatoms. The fourth-order valence-corrected chi connectivity index (χ4v) is 9.46. The minimum Gasteiger partial charge on any atom is -0.393 e. The van der Waals surface area contributed by atoms with Gasteiger partial charge >= 0.3 is 7.82 Å². The molecule has 0 aliphatic heterocycles. The van der Waals surface area contributed by atoms with Crippen molar-refractivity contribution in [1.29, 1.82) is 0 Å². The zero-order chi connectivity index (χ0) is 48.0. The number of allylic oxidation sites excluding steroid dienone is 3. The monoisotopic (exact) mass is 948 g/mol. The Bertz CT molecular complexity index is 1210. The van der Waals surface area contributed by atoms with Crippen molar-refractivity contribution in [2.45, 2.75) is 287 Å². The summed E-state index contributed by atoms with van der Waals surface area (Å²) in [7, 11) is -5.15. The van der Waals surface area contributed by atoms with Gasteiger partial charge < -0.3 is 46.0 Å². The molecular formula is C51H98NO12P. The van der Waals surface area contributed by atoms with Crippen LogP contribution in [0.5, 0.6) is 0 Å². The van der Waals surface area contributed by atoms with Gasteiger partial charge in [-0.25, -0.2) is 4.57 Å². The molecule has 9 N–H and O–H groups in total. The number of rotatable bonds is 44. The molecule has 0 heterocycles. The molecule has 0 aromatic rings. The van der Waals surface area contributed by atoms with Gasteiger partial charge in [-0.2, -0.15) is 0 Å². The Balaban J connectivity index is 2.50. The number of phosphoric acid groups is 1. The van der Waals surface area contributed by atoms with E-state index in [1.807, 2.05) is 0 Å². The third kappa shape index (κ3) is 32.3. The molecule has 1 aliphatic rings. The second-order valence-electron chi connectivity index (χ2n) is 18.9. The lowest BCUT2D eigenvalue weighted by molar-refractivity contribution is -0.220. The zero-order valence-electron chi connectivity index (χ0n) is 40.9. The van der Waals surface area contributed by atoms with Crippen molar-refractivity contribution in [3.8, 4) is 0 Å². The largest absolute Gasteiger partial charge is 0.472 e. The van der Waals surface area contributed by atoms with E-state index in [2.05, 4.69) is 31.3 Å². The molecule has 1 aliphatic carbocycles. The van der Waals surface area contributed by atoms with Crippen LogP contribution < -0.4 is 5.32 Å². The third-order valence-corrected chi connectivity index (χ3v) is 13.8. The fourth-order valence-electron chi connectivity index (χ4n) is 8.49. The highest BCUT2D eigenvalue weighted by atomic mass is 31.2. The van der Waals surface area contributed by atoms with Crippen molar-refractivity contribution in [2.75, 3.05) is 6.61 Å². The number of unbranched alkanes of at least 4 members (excludes halogenated alkanes) is 29. The maximum absolute atomic E-state index is 13.0. The Kier molecular flexibility index (Phi) is 38.6. The van der Waals surface area contributed by atoms with Crippen LogP contribution in [0.2, 0.25) is 0 Å². The Hall–Kier alpha value is -1.22. The third-order valence-electron chi connectivity index (χ3n) is 12.8. The molecule has 1 fully saturated rings. The van der Waals surface area contributed by atoms with Gasteiger partial charge in [-0.1, -0.05) is 218 Å². The molecule has 0 aromatic carbocycles. The number of phosphoric ester groups is 1. The summed E-state index contributed by atoms with van der Waals surface area (Å²) in [6, 6.07) is -1.25. The lowest BCUT2D eigenvalue weighted by Gasteiger charge is -2.41. The van der Waals surface area contributed by atoms with Crippen LogP contribution in [0, 0.1) is 0 Å². The maximum atomic E-state index is 13.0. The molecule has 13 nitrogen and oxygen atoms in total. The van der Waals surface area contributed by atoms with Gasteiger partial charge in [0, 0.05) is 0 Å². The Morgan fingerprint density at radius 1 is 0.538 bits per heavy atom. The van der Waals surface area contributed by atoms with Crippen molar-refractivity contribution in [1.82, 2.24) is 5.32 Å². The van der Waals surface area contributed by atoms with Crippen molar-refractivity contribution >= 4 is 13.7 Å². The minimum atomic E-state index is -5.15. The predicted molar refractivity (Wildman–Crippen MR) is 261 cm³/mol. The first-order valence-corrected chi connectivity index (χ1v) is 27.9. The average molecular weight is 948 g/mol. The van der Waals surface area contributed by atoms with Crippen molar-refractivity contribution < 1.29 is 59.0 Å². The first-order valence-electron chi connectivity index (χ1n) is 26.4. The number of nitrogens with one attached hydrogen (secondary N) is 1. The van der Waals surface area contributed by atoms with E-state index < -0.39 is 75.2 Å². The molecule has 65 heavy (non-hydrogen) atoms. The maximum Gasteiger partial charge on any atom is 0.472 e. The molecule has 0 radical (unpaired) electrons. The summed E-state index contributed by atoms with van der Waals surface area (Å²) in [4.78, 5) is 23.5. The predicted octanol–water partition coefficient (Wildman–Crippen LogP) is 9.93. The zero-order valence-corrected chi connectivity index (χ0v) is 41.8. The molecule has 0 saturated heterocycles. The first-order chi connectivity index (χ1) is 31.3. The van der Waals surface area contributed by atoms with Crippen molar-refractivity contribution in [3.05, 3.63) is 24.3 Å². The van der Waals surface area contributed by atoms with Crippen LogP contribution in [0.3, 0.4) is 0 Å². The van der Waals surface area contributed by atoms with Crippen molar-refractivity contribution in [2.24, 2.45) is 0 Å². The summed E-state index contributed by atoms with van der Waals surface area (Å²) in [5, 5.41) is 74.7. The van der Waals surface area contributed by atoms with E-state index >= 15 is 0 Å². The standard InChI is InChI=1S/C51H98NO12P/c1-3-5-7-9-11-13-15-17-19-21-22-23-25-27-29-31-33-35-37-39-44(54)43(41-63-65(61,62)64-51-49(59)47(57)46(56)48(58)50(51)60)52-45(55)40-42(53)38-36-34-32-30-28-26-24-20-18-16-14-12-10-8-6-4-2/h29,31,37,39,42-44,46-51,53-54,56-60H,3-28,30,32-36,38,40-41H2,1-2H3,(H,52,55)(H,61,62)/b31-29+,39-37+. The van der Waals surface area contributed by atoms with E-state index in [4.69, 9.17) is 9.05 Å². The molecule has 0 bridgehead atoms. The second kappa shape index (κ2) is 40.6. The first kappa shape index (κ1) is 61.8. The van der Waals surface area contributed by atoms with Gasteiger partial charge in [-0.3, -0.25) is 13.8 Å². The van der Waals surface area contributed by atoms with Gasteiger partial charge in [0.15, 0.2) is 0 Å². The van der Waals surface area contributed by atoms with E-state index in [-0.39, 0.29) is 6.42 Å². The topological polar surface area (TPSA) is 226 Å². The number of carbonyl (C=O) groups excluding carboxylic acids is 1. The fraction of sp³-hybridized carbons (Fsp3) is 0.902. The Morgan fingerprint density at radius 2 is 0.908 bits per heavy atom. The molecule has 1 amide bonds. The lowest BCUT2D eigenvalue weighted by atomic mass is 9.85. The SMILES string of the molecule is CCCCCCCCCCCCCCC/C=C/CC/C=C/C(O)C(COP(=O)(O)OC1C(O)C(O)C(O)C(O)C1O)NC(=O)CC(O)CCCCCCCCCCCCCCCCCC. The van der Waals surface area contributed by atoms with Gasteiger partial charge in [0.2, 0.25) is 5.91 Å². The number of hydrogen-bond donors (Lipinski definition) is 9. The Labute approximate surface area is 394 Å². The summed E-state index contributed by atoms with van der Waals surface area (Å²) in [5.74, 6) is -0.599. The summed E-state index contributed by atoms with van der Waals surface area (Å²) >= 11 is 0. The summed E-state index contributed by atoms with van der Waals surface area (Å²) < 4.78 is 22.9.